The Kier molecular flexibility index (Phi) is 5.78. The van der Waals surface area contributed by atoms with Gasteiger partial charge in [0.1, 0.15) is 17.4 Å². The van der Waals surface area contributed by atoms with E-state index in [0.717, 1.165) is 5.56 Å². The van der Waals surface area contributed by atoms with Gasteiger partial charge in [0.15, 0.2) is 0 Å². The van der Waals surface area contributed by atoms with E-state index in [2.05, 4.69) is 0 Å². The van der Waals surface area contributed by atoms with E-state index >= 15 is 0 Å². The van der Waals surface area contributed by atoms with Crippen molar-refractivity contribution in [3.05, 3.63) is 107 Å². The van der Waals surface area contributed by atoms with Gasteiger partial charge in [-0.05, 0) is 42.3 Å². The zero-order chi connectivity index (χ0) is 19.9. The van der Waals surface area contributed by atoms with Crippen LogP contribution in [-0.4, -0.2) is 11.8 Å². The SMILES string of the molecule is Cc1ccccc1C(=O)Oc1ccc(C=C(C#N)C(=O)c2ccccc2)cc1. The molecule has 0 N–H and O–H groups in total. The highest BCUT2D eigenvalue weighted by Gasteiger charge is 2.13. The number of nitrogens with zero attached hydrogens (tertiary/aromatic N) is 1. The third-order valence-corrected chi connectivity index (χ3v) is 4.17. The Morgan fingerprint density at radius 1 is 0.893 bits per heavy atom. The van der Waals surface area contributed by atoms with Crippen LogP contribution in [0.4, 0.5) is 0 Å². The molecule has 0 bridgehead atoms. The molecule has 3 aromatic carbocycles. The normalized spacial score (nSPS) is 10.8. The van der Waals surface area contributed by atoms with Gasteiger partial charge in [-0.25, -0.2) is 4.79 Å². The third-order valence-electron chi connectivity index (χ3n) is 4.17. The lowest BCUT2D eigenvalue weighted by molar-refractivity contribution is 0.0734. The first-order valence-corrected chi connectivity index (χ1v) is 8.68. The maximum absolute atomic E-state index is 12.4. The highest BCUT2D eigenvalue weighted by molar-refractivity contribution is 6.14. The molecule has 3 rings (SSSR count). The van der Waals surface area contributed by atoms with Crippen LogP contribution in [0.3, 0.4) is 0 Å². The molecule has 0 heterocycles. The second kappa shape index (κ2) is 8.61. The van der Waals surface area contributed by atoms with Crippen LogP contribution in [0.15, 0.2) is 84.4 Å². The number of benzene rings is 3. The second-order valence-electron chi connectivity index (χ2n) is 6.14. The standard InChI is InChI=1S/C24H17NO3/c1-17-7-5-6-10-22(17)24(27)28-21-13-11-18(12-14-21)15-20(16-25)23(26)19-8-3-2-4-9-19/h2-15H,1H3. The average Bonchev–Trinajstić information content (AvgIpc) is 2.73. The van der Waals surface area contributed by atoms with Crippen LogP contribution < -0.4 is 4.74 Å². The molecule has 0 radical (unpaired) electrons. The van der Waals surface area contributed by atoms with E-state index in [9.17, 15) is 14.9 Å². The highest BCUT2D eigenvalue weighted by Crippen LogP contribution is 2.18. The minimum atomic E-state index is -0.432. The smallest absolute Gasteiger partial charge is 0.343 e. The molecular weight excluding hydrogens is 350 g/mol. The maximum Gasteiger partial charge on any atom is 0.343 e. The van der Waals surface area contributed by atoms with Crippen LogP contribution in [0.5, 0.6) is 5.75 Å². The van der Waals surface area contributed by atoms with E-state index in [1.165, 1.54) is 6.08 Å². The summed E-state index contributed by atoms with van der Waals surface area (Å²) in [6.45, 7) is 1.84. The van der Waals surface area contributed by atoms with Gasteiger partial charge >= 0.3 is 5.97 Å². The van der Waals surface area contributed by atoms with Crippen LogP contribution in [0, 0.1) is 18.3 Å². The average molecular weight is 367 g/mol. The zero-order valence-corrected chi connectivity index (χ0v) is 15.3. The van der Waals surface area contributed by atoms with Crippen molar-refractivity contribution in [1.29, 1.82) is 5.26 Å². The predicted octanol–water partition coefficient (Wildman–Crippen LogP) is 5.00. The van der Waals surface area contributed by atoms with Gasteiger partial charge in [0, 0.05) is 5.56 Å². The van der Waals surface area contributed by atoms with Gasteiger partial charge in [-0.2, -0.15) is 5.26 Å². The molecule has 3 aromatic rings. The quantitative estimate of drug-likeness (QED) is 0.209. The summed E-state index contributed by atoms with van der Waals surface area (Å²) in [5, 5.41) is 9.34. The monoisotopic (exact) mass is 367 g/mol. The van der Waals surface area contributed by atoms with Gasteiger partial charge in [0.25, 0.3) is 0 Å². The van der Waals surface area contributed by atoms with Crippen molar-refractivity contribution in [2.24, 2.45) is 0 Å². The summed E-state index contributed by atoms with van der Waals surface area (Å²) in [5.41, 5.74) is 2.50. The molecular formula is C24H17NO3. The summed E-state index contributed by atoms with van der Waals surface area (Å²) >= 11 is 0. The van der Waals surface area contributed by atoms with Crippen molar-refractivity contribution in [3.8, 4) is 11.8 Å². The highest BCUT2D eigenvalue weighted by atomic mass is 16.5. The fourth-order valence-corrected chi connectivity index (χ4v) is 2.66. The fourth-order valence-electron chi connectivity index (χ4n) is 2.66. The number of hydrogen-bond donors (Lipinski definition) is 0. The van der Waals surface area contributed by atoms with E-state index in [1.54, 1.807) is 60.7 Å². The number of ether oxygens (including phenoxy) is 1. The topological polar surface area (TPSA) is 67.2 Å². The fraction of sp³-hybridized carbons (Fsp3) is 0.0417. The van der Waals surface area contributed by atoms with E-state index in [0.29, 0.717) is 22.4 Å². The lowest BCUT2D eigenvalue weighted by atomic mass is 10.0. The largest absolute Gasteiger partial charge is 0.423 e. The summed E-state index contributed by atoms with van der Waals surface area (Å²) in [6, 6.07) is 24.4. The van der Waals surface area contributed by atoms with Gasteiger partial charge < -0.3 is 4.74 Å². The molecule has 0 fully saturated rings. The van der Waals surface area contributed by atoms with Gasteiger partial charge in [0.2, 0.25) is 5.78 Å². The van der Waals surface area contributed by atoms with E-state index in [4.69, 9.17) is 4.74 Å². The Hall–Kier alpha value is -3.97. The Bertz CT molecular complexity index is 1070. The number of nitriles is 1. The Morgan fingerprint density at radius 2 is 1.54 bits per heavy atom. The first-order chi connectivity index (χ1) is 13.6. The number of Topliss-reactive ketones (excluding diaryl/α,β-unsaturated/α-hetero) is 1. The van der Waals surface area contributed by atoms with Crippen LogP contribution in [-0.2, 0) is 0 Å². The molecule has 0 amide bonds. The molecule has 0 aliphatic rings. The van der Waals surface area contributed by atoms with E-state index in [1.807, 2.05) is 31.2 Å². The molecule has 4 heteroatoms. The van der Waals surface area contributed by atoms with Crippen LogP contribution in [0.25, 0.3) is 6.08 Å². The van der Waals surface area contributed by atoms with Gasteiger partial charge in [-0.15, -0.1) is 0 Å². The molecule has 136 valence electrons. The molecule has 0 unspecified atom stereocenters. The third kappa shape index (κ3) is 4.40. The predicted molar refractivity (Wildman–Crippen MR) is 107 cm³/mol. The van der Waals surface area contributed by atoms with Crippen LogP contribution >= 0.6 is 0 Å². The minimum absolute atomic E-state index is 0.0378. The van der Waals surface area contributed by atoms with Crippen molar-refractivity contribution in [2.75, 3.05) is 0 Å². The van der Waals surface area contributed by atoms with Crippen LogP contribution in [0.2, 0.25) is 0 Å². The first kappa shape index (κ1) is 18.8. The molecule has 0 aliphatic carbocycles. The van der Waals surface area contributed by atoms with Crippen molar-refractivity contribution in [2.45, 2.75) is 6.92 Å². The number of aryl methyl sites for hydroxylation is 1. The van der Waals surface area contributed by atoms with Crippen molar-refractivity contribution < 1.29 is 14.3 Å². The minimum Gasteiger partial charge on any atom is -0.423 e. The number of carbonyl (C=O) groups excluding carboxylic acids is 2. The lowest BCUT2D eigenvalue weighted by Crippen LogP contribution is -2.09. The number of allylic oxidation sites excluding steroid dienone is 1. The number of esters is 1. The molecule has 0 saturated carbocycles. The van der Waals surface area contributed by atoms with Gasteiger partial charge in [-0.1, -0.05) is 60.7 Å². The molecule has 0 spiro atoms. The first-order valence-electron chi connectivity index (χ1n) is 8.68. The Balaban J connectivity index is 1.76. The summed E-state index contributed by atoms with van der Waals surface area (Å²) in [5.74, 6) is -0.380. The summed E-state index contributed by atoms with van der Waals surface area (Å²) in [6.07, 6.45) is 1.52. The number of ketones is 1. The molecule has 4 nitrogen and oxygen atoms in total. The lowest BCUT2D eigenvalue weighted by Gasteiger charge is -2.07. The maximum atomic E-state index is 12.4. The van der Waals surface area contributed by atoms with Gasteiger partial charge in [-0.3, -0.25) is 4.79 Å². The Labute approximate surface area is 163 Å². The molecule has 0 aromatic heterocycles. The number of rotatable bonds is 5. The van der Waals surface area contributed by atoms with Crippen molar-refractivity contribution in [3.63, 3.8) is 0 Å². The zero-order valence-electron chi connectivity index (χ0n) is 15.3. The molecule has 28 heavy (non-hydrogen) atoms. The van der Waals surface area contributed by atoms with E-state index < -0.39 is 5.97 Å². The summed E-state index contributed by atoms with van der Waals surface area (Å²) in [7, 11) is 0. The molecule has 0 saturated heterocycles. The second-order valence-corrected chi connectivity index (χ2v) is 6.14. The summed E-state index contributed by atoms with van der Waals surface area (Å²) < 4.78 is 5.39. The molecule has 0 aliphatic heterocycles. The molecule has 0 atom stereocenters. The van der Waals surface area contributed by atoms with Gasteiger partial charge in [0.05, 0.1) is 5.56 Å². The summed E-state index contributed by atoms with van der Waals surface area (Å²) in [4.78, 5) is 24.7. The Morgan fingerprint density at radius 3 is 2.18 bits per heavy atom. The van der Waals surface area contributed by atoms with Crippen molar-refractivity contribution in [1.82, 2.24) is 0 Å². The van der Waals surface area contributed by atoms with Crippen LogP contribution in [0.1, 0.15) is 31.8 Å². The number of hydrogen-bond acceptors (Lipinski definition) is 4. The number of carbonyl (C=O) groups is 2. The van der Waals surface area contributed by atoms with Crippen molar-refractivity contribution >= 4 is 17.8 Å². The van der Waals surface area contributed by atoms with E-state index in [-0.39, 0.29) is 11.4 Å².